The Kier molecular flexibility index (Phi) is 7.30. The monoisotopic (exact) mass is 485 g/mol. The molecule has 0 spiro atoms. The number of aliphatic hydroxyl groups is 1. The highest BCUT2D eigenvalue weighted by Gasteiger charge is 2.25. The van der Waals surface area contributed by atoms with Crippen LogP contribution in [0.25, 0.3) is 10.2 Å². The van der Waals surface area contributed by atoms with E-state index < -0.39 is 0 Å². The fraction of sp³-hybridized carbons (Fsp3) is 0.316. The number of nitrogens with one attached hydrogen (secondary N) is 1. The van der Waals surface area contributed by atoms with E-state index in [2.05, 4.69) is 55.6 Å². The molecule has 8 heteroatoms. The van der Waals surface area contributed by atoms with Gasteiger partial charge in [0.25, 0.3) is 0 Å². The molecule has 0 radical (unpaired) electrons. The summed E-state index contributed by atoms with van der Waals surface area (Å²) in [6, 6.07) is 6.06. The summed E-state index contributed by atoms with van der Waals surface area (Å²) in [5.74, 6) is 0.303. The summed E-state index contributed by atoms with van der Waals surface area (Å²) in [7, 11) is 1.50. The van der Waals surface area contributed by atoms with Crippen molar-refractivity contribution >= 4 is 66.1 Å². The summed E-state index contributed by atoms with van der Waals surface area (Å²) in [6.45, 7) is 0.767. The van der Waals surface area contributed by atoms with E-state index >= 15 is 0 Å². The molecule has 27 heavy (non-hydrogen) atoms. The Morgan fingerprint density at radius 3 is 2.96 bits per heavy atom. The van der Waals surface area contributed by atoms with Gasteiger partial charge in [0.05, 0.1) is 26.5 Å². The summed E-state index contributed by atoms with van der Waals surface area (Å²) >= 11 is 13.4. The minimum Gasteiger partial charge on any atom is -0.389 e. The zero-order valence-corrected chi connectivity index (χ0v) is 18.8. The van der Waals surface area contributed by atoms with Crippen molar-refractivity contribution in [2.24, 2.45) is 5.73 Å². The van der Waals surface area contributed by atoms with Crippen LogP contribution in [0.15, 0.2) is 40.2 Å². The van der Waals surface area contributed by atoms with E-state index in [4.69, 9.17) is 11.6 Å². The standard InChI is InChI=1S/C18H16BrClN2OS2.CH5N/c19-15-16-18(25-17(15)10-3-1-4-11(23)7-10)13(8-14(20)22-16)21-9-12-5-2-6-24-12;1-2/h1-2,4-6,8,10-11,23H,3,7,9H2,(H,21,22);2H2,1H3/t10?,11-;/m0./s1. The first-order chi connectivity index (χ1) is 13.1. The van der Waals surface area contributed by atoms with Crippen LogP contribution in [0.1, 0.15) is 28.5 Å². The van der Waals surface area contributed by atoms with Gasteiger partial charge in [0.15, 0.2) is 0 Å². The van der Waals surface area contributed by atoms with E-state index in [0.29, 0.717) is 11.1 Å². The smallest absolute Gasteiger partial charge is 0.131 e. The number of anilines is 1. The Balaban J connectivity index is 0.00000102. The SMILES string of the molecule is CN.O[C@H]1C=CCC(c2sc3c(NCc4cccs4)cc(Cl)nc3c2Br)C1. The number of allylic oxidation sites excluding steroid dienone is 1. The predicted octanol–water partition coefficient (Wildman–Crippen LogP) is 5.76. The second-order valence-corrected chi connectivity index (χ2v) is 9.31. The number of hydrogen-bond acceptors (Lipinski definition) is 6. The molecule has 0 bridgehead atoms. The van der Waals surface area contributed by atoms with Crippen LogP contribution in [0.5, 0.6) is 0 Å². The molecule has 2 atom stereocenters. The summed E-state index contributed by atoms with van der Waals surface area (Å²) in [5, 5.41) is 16.0. The number of fused-ring (bicyclic) bond motifs is 1. The Hall–Kier alpha value is -0.960. The molecular weight excluding hydrogens is 466 g/mol. The second-order valence-electron chi connectivity index (χ2n) is 6.05. The topological polar surface area (TPSA) is 71.2 Å². The molecule has 0 aliphatic heterocycles. The Labute approximate surface area is 180 Å². The Bertz CT molecular complexity index is 927. The number of hydrogen-bond donors (Lipinski definition) is 3. The van der Waals surface area contributed by atoms with Gasteiger partial charge in [-0.15, -0.1) is 22.7 Å². The number of aromatic nitrogens is 1. The summed E-state index contributed by atoms with van der Waals surface area (Å²) in [5.41, 5.74) is 6.40. The van der Waals surface area contributed by atoms with Crippen molar-refractivity contribution in [1.29, 1.82) is 0 Å². The lowest BCUT2D eigenvalue weighted by Crippen LogP contribution is -2.13. The maximum absolute atomic E-state index is 9.95. The lowest BCUT2D eigenvalue weighted by atomic mass is 9.91. The van der Waals surface area contributed by atoms with Gasteiger partial charge >= 0.3 is 0 Å². The number of nitrogens with two attached hydrogens (primary N) is 1. The molecule has 4 rings (SSSR count). The van der Waals surface area contributed by atoms with Crippen molar-refractivity contribution in [2.75, 3.05) is 12.4 Å². The maximum Gasteiger partial charge on any atom is 0.131 e. The van der Waals surface area contributed by atoms with E-state index in [9.17, 15) is 5.11 Å². The zero-order valence-electron chi connectivity index (χ0n) is 14.8. The molecule has 1 unspecified atom stereocenters. The quantitative estimate of drug-likeness (QED) is 0.324. The van der Waals surface area contributed by atoms with Crippen molar-refractivity contribution in [1.82, 2.24) is 4.98 Å². The van der Waals surface area contributed by atoms with Gasteiger partial charge in [-0.1, -0.05) is 29.8 Å². The first kappa shape index (κ1) is 20.8. The van der Waals surface area contributed by atoms with Crippen LogP contribution < -0.4 is 11.1 Å². The predicted molar refractivity (Wildman–Crippen MR) is 121 cm³/mol. The average molecular weight is 487 g/mol. The van der Waals surface area contributed by atoms with Gasteiger partial charge in [-0.25, -0.2) is 4.98 Å². The Morgan fingerprint density at radius 2 is 2.26 bits per heavy atom. The van der Waals surface area contributed by atoms with Gasteiger partial charge in [-0.05, 0) is 47.3 Å². The molecule has 4 nitrogen and oxygen atoms in total. The highest BCUT2D eigenvalue weighted by molar-refractivity contribution is 9.10. The van der Waals surface area contributed by atoms with Gasteiger partial charge in [0.1, 0.15) is 5.15 Å². The molecule has 1 aliphatic rings. The van der Waals surface area contributed by atoms with Crippen LogP contribution in [0, 0.1) is 0 Å². The van der Waals surface area contributed by atoms with Crippen LogP contribution in [0.3, 0.4) is 0 Å². The minimum atomic E-state index is -0.371. The van der Waals surface area contributed by atoms with Gasteiger partial charge in [0, 0.05) is 28.3 Å². The first-order valence-electron chi connectivity index (χ1n) is 8.59. The largest absolute Gasteiger partial charge is 0.389 e. The molecule has 4 N–H and O–H groups in total. The maximum atomic E-state index is 9.95. The number of pyridine rings is 1. The van der Waals surface area contributed by atoms with E-state index in [0.717, 1.165) is 39.8 Å². The molecule has 0 saturated heterocycles. The van der Waals surface area contributed by atoms with Crippen molar-refractivity contribution in [2.45, 2.75) is 31.4 Å². The van der Waals surface area contributed by atoms with E-state index in [1.54, 1.807) is 22.7 Å². The van der Waals surface area contributed by atoms with E-state index in [-0.39, 0.29) is 6.10 Å². The molecule has 0 amide bonds. The number of rotatable bonds is 4. The molecule has 0 fully saturated rings. The lowest BCUT2D eigenvalue weighted by molar-refractivity contribution is 0.196. The van der Waals surface area contributed by atoms with Gasteiger partial charge in [-0.3, -0.25) is 0 Å². The van der Waals surface area contributed by atoms with Crippen molar-refractivity contribution in [3.05, 3.63) is 55.1 Å². The Morgan fingerprint density at radius 1 is 1.44 bits per heavy atom. The zero-order chi connectivity index (χ0) is 19.4. The first-order valence-corrected chi connectivity index (χ1v) is 11.5. The number of halogens is 2. The van der Waals surface area contributed by atoms with Crippen LogP contribution in [-0.2, 0) is 6.54 Å². The molecule has 3 heterocycles. The summed E-state index contributed by atoms with van der Waals surface area (Å²) < 4.78 is 2.11. The molecule has 3 aromatic rings. The van der Waals surface area contributed by atoms with Gasteiger partial charge in [0.2, 0.25) is 0 Å². The second kappa shape index (κ2) is 9.49. The number of thiophene rings is 2. The fourth-order valence-corrected chi connectivity index (χ4v) is 6.17. The van der Waals surface area contributed by atoms with Crippen LogP contribution in [0.4, 0.5) is 5.69 Å². The molecule has 1 aliphatic carbocycles. The molecule has 3 aromatic heterocycles. The number of nitrogens with zero attached hydrogens (tertiary/aromatic N) is 1. The van der Waals surface area contributed by atoms with Crippen LogP contribution >= 0.6 is 50.2 Å². The highest BCUT2D eigenvalue weighted by Crippen LogP contribution is 2.46. The summed E-state index contributed by atoms with van der Waals surface area (Å²) in [6.07, 6.45) is 5.25. The number of aliphatic hydroxyl groups excluding tert-OH is 1. The van der Waals surface area contributed by atoms with Crippen molar-refractivity contribution in [3.8, 4) is 0 Å². The minimum absolute atomic E-state index is 0.303. The molecule has 0 aromatic carbocycles. The van der Waals surface area contributed by atoms with Gasteiger partial charge in [-0.2, -0.15) is 0 Å². The third-order valence-corrected chi connectivity index (χ3v) is 7.80. The van der Waals surface area contributed by atoms with E-state index in [1.165, 1.54) is 16.8 Å². The van der Waals surface area contributed by atoms with Crippen LogP contribution in [-0.4, -0.2) is 23.2 Å². The molecule has 0 saturated carbocycles. The third kappa shape index (κ3) is 4.72. The normalized spacial score (nSPS) is 19.0. The van der Waals surface area contributed by atoms with Crippen LogP contribution in [0.2, 0.25) is 5.15 Å². The fourth-order valence-electron chi connectivity index (χ4n) is 3.10. The van der Waals surface area contributed by atoms with Crippen molar-refractivity contribution < 1.29 is 5.11 Å². The van der Waals surface area contributed by atoms with Crippen molar-refractivity contribution in [3.63, 3.8) is 0 Å². The molecular formula is C19H21BrClN3OS2. The highest BCUT2D eigenvalue weighted by atomic mass is 79.9. The summed E-state index contributed by atoms with van der Waals surface area (Å²) in [4.78, 5) is 7.03. The third-order valence-electron chi connectivity index (χ3n) is 4.29. The molecule has 144 valence electrons. The average Bonchev–Trinajstić information content (AvgIpc) is 3.30. The van der Waals surface area contributed by atoms with Gasteiger partial charge < -0.3 is 16.2 Å². The van der Waals surface area contributed by atoms with E-state index in [1.807, 2.05) is 12.1 Å². The lowest BCUT2D eigenvalue weighted by Gasteiger charge is -2.20.